The minimum Gasteiger partial charge on any atom is -0.382 e. The molecule has 0 spiro atoms. The third-order valence-electron chi connectivity index (χ3n) is 4.62. The largest absolute Gasteiger partial charge is 0.382 e. The molecule has 2 aromatic heterocycles. The number of aromatic nitrogens is 3. The van der Waals surface area contributed by atoms with Gasteiger partial charge in [0.05, 0.1) is 25.1 Å². The number of nitrogens with zero attached hydrogens (tertiary/aromatic N) is 3. The van der Waals surface area contributed by atoms with Crippen LogP contribution >= 0.6 is 0 Å². The fourth-order valence-electron chi connectivity index (χ4n) is 3.16. The van der Waals surface area contributed by atoms with E-state index in [0.29, 0.717) is 18.9 Å². The molecule has 0 fully saturated rings. The molecule has 0 aliphatic carbocycles. The van der Waals surface area contributed by atoms with E-state index in [-0.39, 0.29) is 12.5 Å². The fraction of sp³-hybridized carbons (Fsp3) is 0.174. The molecule has 0 saturated heterocycles. The van der Waals surface area contributed by atoms with Gasteiger partial charge in [-0.1, -0.05) is 42.5 Å². The number of fused-ring (bicyclic) bond motifs is 1. The second kappa shape index (κ2) is 9.30. The summed E-state index contributed by atoms with van der Waals surface area (Å²) < 4.78 is 12.0. The van der Waals surface area contributed by atoms with Gasteiger partial charge in [-0.05, 0) is 23.8 Å². The summed E-state index contributed by atoms with van der Waals surface area (Å²) in [7, 11) is 1.59. The molecule has 0 saturated carbocycles. The number of benzene rings is 2. The first kappa shape index (κ1) is 19.8. The third-order valence-corrected chi connectivity index (χ3v) is 4.62. The molecule has 4 rings (SSSR count). The van der Waals surface area contributed by atoms with E-state index >= 15 is 0 Å². The highest BCUT2D eigenvalue weighted by atomic mass is 16.5. The van der Waals surface area contributed by atoms with Gasteiger partial charge in [-0.2, -0.15) is 5.10 Å². The minimum absolute atomic E-state index is 0.00859. The van der Waals surface area contributed by atoms with Crippen molar-refractivity contribution in [3.05, 3.63) is 73.1 Å². The summed E-state index contributed by atoms with van der Waals surface area (Å²) in [5.41, 5.74) is 5.42. The van der Waals surface area contributed by atoms with Crippen molar-refractivity contribution < 1.29 is 14.3 Å². The molecule has 0 atom stereocenters. The lowest BCUT2D eigenvalue weighted by atomic mass is 10.1. The van der Waals surface area contributed by atoms with Crippen LogP contribution in [0.25, 0.3) is 28.0 Å². The molecule has 2 heterocycles. The van der Waals surface area contributed by atoms with Gasteiger partial charge in [-0.25, -0.2) is 9.50 Å². The summed E-state index contributed by atoms with van der Waals surface area (Å²) in [6.45, 7) is 0.836. The van der Waals surface area contributed by atoms with Crippen LogP contribution in [0.15, 0.2) is 73.1 Å². The number of hydrogen-bond donors (Lipinski definition) is 1. The Kier molecular flexibility index (Phi) is 6.12. The van der Waals surface area contributed by atoms with Crippen LogP contribution in [-0.4, -0.2) is 47.4 Å². The highest BCUT2D eigenvalue weighted by Crippen LogP contribution is 2.27. The number of carbonyl (C=O) groups excluding carboxylic acids is 1. The zero-order valence-electron chi connectivity index (χ0n) is 16.6. The Balaban J connectivity index is 1.52. The summed E-state index contributed by atoms with van der Waals surface area (Å²) in [5, 5.41) is 7.37. The molecule has 1 amide bonds. The maximum Gasteiger partial charge on any atom is 0.250 e. The first-order valence-corrected chi connectivity index (χ1v) is 9.61. The SMILES string of the molecule is COCCOCC(=O)Nc1ccc(-c2cnn3c(-c4ccccc4)ccnc23)cc1. The van der Waals surface area contributed by atoms with E-state index < -0.39 is 0 Å². The third kappa shape index (κ3) is 4.37. The number of anilines is 1. The summed E-state index contributed by atoms with van der Waals surface area (Å²) >= 11 is 0. The standard InChI is InChI=1S/C23H22N4O3/c1-29-13-14-30-16-22(28)26-19-9-7-17(8-10-19)20-15-25-27-21(11-12-24-23(20)27)18-5-3-2-4-6-18/h2-12,15H,13-14,16H2,1H3,(H,26,28). The predicted octanol–water partition coefficient (Wildman–Crippen LogP) is 3.66. The zero-order chi connectivity index (χ0) is 20.8. The average Bonchev–Trinajstić information content (AvgIpc) is 3.22. The number of amides is 1. The van der Waals surface area contributed by atoms with Crippen molar-refractivity contribution >= 4 is 17.2 Å². The second-order valence-electron chi connectivity index (χ2n) is 6.66. The Morgan fingerprint density at radius 2 is 1.80 bits per heavy atom. The predicted molar refractivity (Wildman–Crippen MR) is 115 cm³/mol. The molecule has 0 unspecified atom stereocenters. The molecule has 152 valence electrons. The van der Waals surface area contributed by atoms with Gasteiger partial charge in [-0.15, -0.1) is 0 Å². The van der Waals surface area contributed by atoms with Crippen LogP contribution in [0.3, 0.4) is 0 Å². The molecule has 7 heteroatoms. The minimum atomic E-state index is -0.205. The average molecular weight is 402 g/mol. The maximum absolute atomic E-state index is 11.9. The van der Waals surface area contributed by atoms with Crippen LogP contribution in [0.1, 0.15) is 0 Å². The lowest BCUT2D eigenvalue weighted by molar-refractivity contribution is -0.121. The lowest BCUT2D eigenvalue weighted by Crippen LogP contribution is -2.19. The topological polar surface area (TPSA) is 77.8 Å². The Labute approximate surface area is 174 Å². The first-order valence-electron chi connectivity index (χ1n) is 9.61. The van der Waals surface area contributed by atoms with E-state index in [1.54, 1.807) is 13.3 Å². The molecule has 0 bridgehead atoms. The Morgan fingerprint density at radius 3 is 2.57 bits per heavy atom. The van der Waals surface area contributed by atoms with Crippen LogP contribution < -0.4 is 5.32 Å². The van der Waals surface area contributed by atoms with Crippen molar-refractivity contribution in [2.24, 2.45) is 0 Å². The molecule has 0 aliphatic heterocycles. The molecule has 4 aromatic rings. The number of ether oxygens (including phenoxy) is 2. The van der Waals surface area contributed by atoms with Gasteiger partial charge in [-0.3, -0.25) is 4.79 Å². The van der Waals surface area contributed by atoms with Crippen molar-refractivity contribution in [2.75, 3.05) is 32.2 Å². The number of hydrogen-bond acceptors (Lipinski definition) is 5. The fourth-order valence-corrected chi connectivity index (χ4v) is 3.16. The number of methoxy groups -OCH3 is 1. The van der Waals surface area contributed by atoms with Crippen molar-refractivity contribution in [1.29, 1.82) is 0 Å². The molecule has 1 N–H and O–H groups in total. The van der Waals surface area contributed by atoms with Gasteiger partial charge in [0.15, 0.2) is 5.65 Å². The van der Waals surface area contributed by atoms with E-state index in [0.717, 1.165) is 28.0 Å². The molecular formula is C23H22N4O3. The summed E-state index contributed by atoms with van der Waals surface area (Å²) in [6.07, 6.45) is 3.60. The van der Waals surface area contributed by atoms with E-state index in [1.165, 1.54) is 0 Å². The molecule has 0 radical (unpaired) electrons. The van der Waals surface area contributed by atoms with Gasteiger partial charge >= 0.3 is 0 Å². The van der Waals surface area contributed by atoms with Crippen molar-refractivity contribution in [1.82, 2.24) is 14.6 Å². The van der Waals surface area contributed by atoms with Crippen LogP contribution in [-0.2, 0) is 14.3 Å². The molecule has 7 nitrogen and oxygen atoms in total. The second-order valence-corrected chi connectivity index (χ2v) is 6.66. The number of nitrogens with one attached hydrogen (secondary N) is 1. The van der Waals surface area contributed by atoms with Gasteiger partial charge in [0.2, 0.25) is 5.91 Å². The van der Waals surface area contributed by atoms with Gasteiger partial charge in [0.25, 0.3) is 0 Å². The zero-order valence-corrected chi connectivity index (χ0v) is 16.6. The Hall–Kier alpha value is -3.55. The maximum atomic E-state index is 11.9. The quantitative estimate of drug-likeness (QED) is 0.455. The van der Waals surface area contributed by atoms with E-state index in [9.17, 15) is 4.79 Å². The van der Waals surface area contributed by atoms with Crippen LogP contribution in [0.5, 0.6) is 0 Å². The van der Waals surface area contributed by atoms with Crippen LogP contribution in [0, 0.1) is 0 Å². The summed E-state index contributed by atoms with van der Waals surface area (Å²) in [5.74, 6) is -0.205. The van der Waals surface area contributed by atoms with Crippen molar-refractivity contribution in [2.45, 2.75) is 0 Å². The monoisotopic (exact) mass is 402 g/mol. The van der Waals surface area contributed by atoms with Crippen LogP contribution in [0.4, 0.5) is 5.69 Å². The highest BCUT2D eigenvalue weighted by molar-refractivity contribution is 5.92. The molecule has 2 aromatic carbocycles. The summed E-state index contributed by atoms with van der Waals surface area (Å²) in [4.78, 5) is 16.5. The van der Waals surface area contributed by atoms with E-state index in [4.69, 9.17) is 9.47 Å². The van der Waals surface area contributed by atoms with E-state index in [2.05, 4.69) is 15.4 Å². The van der Waals surface area contributed by atoms with Crippen LogP contribution in [0.2, 0.25) is 0 Å². The Morgan fingerprint density at radius 1 is 1.00 bits per heavy atom. The number of carbonyl (C=O) groups is 1. The molecule has 30 heavy (non-hydrogen) atoms. The molecule has 0 aliphatic rings. The number of rotatable bonds is 8. The lowest BCUT2D eigenvalue weighted by Gasteiger charge is -2.07. The first-order chi connectivity index (χ1) is 14.8. The molecular weight excluding hydrogens is 380 g/mol. The van der Waals surface area contributed by atoms with Gasteiger partial charge < -0.3 is 14.8 Å². The van der Waals surface area contributed by atoms with E-state index in [1.807, 2.05) is 71.4 Å². The smallest absolute Gasteiger partial charge is 0.250 e. The van der Waals surface area contributed by atoms with Gasteiger partial charge in [0.1, 0.15) is 6.61 Å². The van der Waals surface area contributed by atoms with Gasteiger partial charge in [0, 0.05) is 30.1 Å². The Bertz CT molecular complexity index is 1120. The summed E-state index contributed by atoms with van der Waals surface area (Å²) in [6, 6.07) is 19.6. The normalized spacial score (nSPS) is 11.0. The van der Waals surface area contributed by atoms with Crippen molar-refractivity contribution in [3.63, 3.8) is 0 Å². The van der Waals surface area contributed by atoms with Crippen molar-refractivity contribution in [3.8, 4) is 22.4 Å². The highest BCUT2D eigenvalue weighted by Gasteiger charge is 2.12.